The summed E-state index contributed by atoms with van der Waals surface area (Å²) < 4.78 is 10.5. The summed E-state index contributed by atoms with van der Waals surface area (Å²) in [5.74, 6) is 0. The van der Waals surface area contributed by atoms with Crippen LogP contribution in [0, 0.1) is 0 Å². The molecule has 0 saturated carbocycles. The van der Waals surface area contributed by atoms with E-state index < -0.39 is 0 Å². The Kier molecular flexibility index (Phi) is 4.30. The van der Waals surface area contributed by atoms with Crippen molar-refractivity contribution in [3.05, 3.63) is 53.3 Å². The lowest BCUT2D eigenvalue weighted by Gasteiger charge is -2.05. The van der Waals surface area contributed by atoms with Gasteiger partial charge in [-0.15, -0.1) is 0 Å². The Morgan fingerprint density at radius 2 is 1.76 bits per heavy atom. The van der Waals surface area contributed by atoms with Gasteiger partial charge in [0.1, 0.15) is 0 Å². The van der Waals surface area contributed by atoms with Crippen LogP contribution in [0.2, 0.25) is 5.02 Å². The van der Waals surface area contributed by atoms with E-state index in [0.717, 1.165) is 5.56 Å². The molecule has 4 nitrogen and oxygen atoms in total. The van der Waals surface area contributed by atoms with Gasteiger partial charge in [-0.05, 0) is 5.56 Å². The van der Waals surface area contributed by atoms with Gasteiger partial charge in [-0.25, -0.2) is 9.97 Å². The second-order valence-electron chi connectivity index (χ2n) is 3.28. The Labute approximate surface area is 104 Å². The summed E-state index contributed by atoms with van der Waals surface area (Å²) in [5.41, 5.74) is 1.09. The van der Waals surface area contributed by atoms with Crippen LogP contribution < -0.4 is 4.74 Å². The zero-order chi connectivity index (χ0) is 11.9. The highest BCUT2D eigenvalue weighted by Crippen LogP contribution is 2.07. The summed E-state index contributed by atoms with van der Waals surface area (Å²) in [7, 11) is 0. The molecule has 0 unspecified atom stereocenters. The molecule has 0 radical (unpaired) electrons. The minimum absolute atomic E-state index is 0.108. The lowest BCUT2D eigenvalue weighted by molar-refractivity contribution is -0.000142. The lowest BCUT2D eigenvalue weighted by Crippen LogP contribution is -2.05. The maximum Gasteiger partial charge on any atom is 0.318 e. The minimum atomic E-state index is 0.108. The molecule has 17 heavy (non-hydrogen) atoms. The van der Waals surface area contributed by atoms with Crippen LogP contribution in [0.1, 0.15) is 5.56 Å². The lowest BCUT2D eigenvalue weighted by atomic mass is 10.2. The van der Waals surface area contributed by atoms with E-state index in [1.807, 2.05) is 30.3 Å². The predicted octanol–water partition coefficient (Wildman–Crippen LogP) is 2.68. The average molecular weight is 251 g/mol. The highest BCUT2D eigenvalue weighted by molar-refractivity contribution is 6.30. The molecule has 88 valence electrons. The smallest absolute Gasteiger partial charge is 0.318 e. The van der Waals surface area contributed by atoms with Gasteiger partial charge in [-0.3, -0.25) is 0 Å². The van der Waals surface area contributed by atoms with Crippen LogP contribution in [0.3, 0.4) is 0 Å². The third-order valence-electron chi connectivity index (χ3n) is 1.98. The quantitative estimate of drug-likeness (QED) is 0.605. The first-order valence-corrected chi connectivity index (χ1v) is 5.44. The van der Waals surface area contributed by atoms with Crippen molar-refractivity contribution in [1.29, 1.82) is 0 Å². The van der Waals surface area contributed by atoms with Gasteiger partial charge in [0.2, 0.25) is 0 Å². The number of hydrogen-bond acceptors (Lipinski definition) is 4. The maximum atomic E-state index is 5.64. The summed E-state index contributed by atoms with van der Waals surface area (Å²) in [4.78, 5) is 7.76. The zero-order valence-electron chi connectivity index (χ0n) is 9.04. The fraction of sp³-hybridized carbons (Fsp3) is 0.167. The first kappa shape index (κ1) is 11.8. The van der Waals surface area contributed by atoms with Gasteiger partial charge in [0.25, 0.3) is 0 Å². The van der Waals surface area contributed by atoms with Gasteiger partial charge >= 0.3 is 6.01 Å². The van der Waals surface area contributed by atoms with E-state index in [9.17, 15) is 0 Å². The van der Waals surface area contributed by atoms with Crippen molar-refractivity contribution in [3.63, 3.8) is 0 Å². The van der Waals surface area contributed by atoms with E-state index in [0.29, 0.717) is 11.6 Å². The topological polar surface area (TPSA) is 44.2 Å². The first-order chi connectivity index (χ1) is 8.34. The summed E-state index contributed by atoms with van der Waals surface area (Å²) >= 11 is 5.64. The Balaban J connectivity index is 1.71. The van der Waals surface area contributed by atoms with Crippen molar-refractivity contribution in [1.82, 2.24) is 9.97 Å². The highest BCUT2D eigenvalue weighted by atomic mass is 35.5. The van der Waals surface area contributed by atoms with Crippen LogP contribution in [0.5, 0.6) is 6.01 Å². The second kappa shape index (κ2) is 6.18. The maximum absolute atomic E-state index is 5.64. The van der Waals surface area contributed by atoms with E-state index in [2.05, 4.69) is 9.97 Å². The number of halogens is 1. The van der Waals surface area contributed by atoms with Gasteiger partial charge in [-0.2, -0.15) is 0 Å². The van der Waals surface area contributed by atoms with Crippen molar-refractivity contribution in [2.75, 3.05) is 6.79 Å². The van der Waals surface area contributed by atoms with E-state index in [4.69, 9.17) is 21.1 Å². The predicted molar refractivity (Wildman–Crippen MR) is 63.8 cm³/mol. The van der Waals surface area contributed by atoms with Crippen molar-refractivity contribution in [2.24, 2.45) is 0 Å². The molecule has 0 N–H and O–H groups in total. The Morgan fingerprint density at radius 3 is 2.47 bits per heavy atom. The minimum Gasteiger partial charge on any atom is -0.436 e. The molecule has 2 rings (SSSR count). The fourth-order valence-electron chi connectivity index (χ4n) is 1.20. The molecule has 0 amide bonds. The van der Waals surface area contributed by atoms with Crippen LogP contribution in [0.15, 0.2) is 42.7 Å². The summed E-state index contributed by atoms with van der Waals surface area (Å²) in [6, 6.07) is 10.1. The van der Waals surface area contributed by atoms with Crippen LogP contribution in [0.25, 0.3) is 0 Å². The molecule has 5 heteroatoms. The molecule has 0 fully saturated rings. The molecule has 0 spiro atoms. The summed E-state index contributed by atoms with van der Waals surface area (Å²) in [6.45, 7) is 0.602. The normalized spacial score (nSPS) is 10.2. The second-order valence-corrected chi connectivity index (χ2v) is 3.72. The van der Waals surface area contributed by atoms with E-state index in [1.165, 1.54) is 12.4 Å². The van der Waals surface area contributed by atoms with Crippen molar-refractivity contribution >= 4 is 11.6 Å². The van der Waals surface area contributed by atoms with Crippen LogP contribution >= 0.6 is 11.6 Å². The number of benzene rings is 1. The van der Waals surface area contributed by atoms with E-state index in [1.54, 1.807) is 0 Å². The molecule has 1 aromatic carbocycles. The Morgan fingerprint density at radius 1 is 1.06 bits per heavy atom. The molecule has 1 heterocycles. The molecular formula is C12H11ClN2O2. The number of rotatable bonds is 5. The summed E-state index contributed by atoms with van der Waals surface area (Å²) in [6.07, 6.45) is 2.95. The molecular weight excluding hydrogens is 240 g/mol. The first-order valence-electron chi connectivity index (χ1n) is 5.06. The van der Waals surface area contributed by atoms with Gasteiger partial charge in [0.15, 0.2) is 6.79 Å². The molecule has 0 bridgehead atoms. The number of aromatic nitrogens is 2. The van der Waals surface area contributed by atoms with Crippen molar-refractivity contribution in [3.8, 4) is 6.01 Å². The van der Waals surface area contributed by atoms with Crippen LogP contribution in [0.4, 0.5) is 0 Å². The number of hydrogen-bond donors (Lipinski definition) is 0. The van der Waals surface area contributed by atoms with E-state index in [-0.39, 0.29) is 12.8 Å². The van der Waals surface area contributed by atoms with Crippen molar-refractivity contribution < 1.29 is 9.47 Å². The van der Waals surface area contributed by atoms with Crippen LogP contribution in [-0.4, -0.2) is 16.8 Å². The largest absolute Gasteiger partial charge is 0.436 e. The van der Waals surface area contributed by atoms with E-state index >= 15 is 0 Å². The zero-order valence-corrected chi connectivity index (χ0v) is 9.80. The third kappa shape index (κ3) is 4.01. The van der Waals surface area contributed by atoms with Gasteiger partial charge in [0, 0.05) is 0 Å². The SMILES string of the molecule is Clc1cnc(OCOCc2ccccc2)nc1. The molecule has 0 aliphatic carbocycles. The van der Waals surface area contributed by atoms with Crippen molar-refractivity contribution in [2.45, 2.75) is 6.61 Å². The Hall–Kier alpha value is -1.65. The molecule has 0 aliphatic heterocycles. The molecule has 0 saturated heterocycles. The molecule has 0 aliphatic rings. The van der Waals surface area contributed by atoms with Crippen LogP contribution in [-0.2, 0) is 11.3 Å². The third-order valence-corrected chi connectivity index (χ3v) is 2.17. The summed E-state index contributed by atoms with van der Waals surface area (Å²) in [5, 5.41) is 0.475. The number of ether oxygens (including phenoxy) is 2. The Bertz CT molecular complexity index is 448. The standard InChI is InChI=1S/C12H11ClN2O2/c13-11-6-14-12(15-7-11)17-9-16-8-10-4-2-1-3-5-10/h1-7H,8-9H2. The molecule has 2 aromatic rings. The fourth-order valence-corrected chi connectivity index (χ4v) is 1.30. The van der Waals surface area contributed by atoms with Gasteiger partial charge < -0.3 is 9.47 Å². The average Bonchev–Trinajstić information content (AvgIpc) is 2.38. The monoisotopic (exact) mass is 250 g/mol. The van der Waals surface area contributed by atoms with Gasteiger partial charge in [-0.1, -0.05) is 41.9 Å². The molecule has 1 aromatic heterocycles. The number of nitrogens with zero attached hydrogens (tertiary/aromatic N) is 2. The highest BCUT2D eigenvalue weighted by Gasteiger charge is 1.97. The van der Waals surface area contributed by atoms with Gasteiger partial charge in [0.05, 0.1) is 24.0 Å². The molecule has 0 atom stereocenters.